The molecule has 2 fully saturated rings. The summed E-state index contributed by atoms with van der Waals surface area (Å²) in [5.74, 6) is 2.73. The Bertz CT molecular complexity index is 1040. The lowest BCUT2D eigenvalue weighted by Crippen LogP contribution is -2.53. The lowest BCUT2D eigenvalue weighted by molar-refractivity contribution is -0.0536. The average molecular weight is 464 g/mol. The molecule has 1 aromatic heterocycles. The lowest BCUT2D eigenvalue weighted by atomic mass is 9.49. The Hall–Kier alpha value is -2.11. The Kier molecular flexibility index (Phi) is 6.14. The second kappa shape index (κ2) is 8.83. The summed E-state index contributed by atoms with van der Waals surface area (Å²) in [6, 6.07) is 8.19. The molecule has 0 amide bonds. The largest absolute Gasteiger partial charge is 0.497 e. The van der Waals surface area contributed by atoms with E-state index in [9.17, 15) is 5.11 Å². The summed E-state index contributed by atoms with van der Waals surface area (Å²) in [6.07, 6.45) is 8.81. The van der Waals surface area contributed by atoms with Crippen molar-refractivity contribution in [1.82, 2.24) is 9.78 Å². The Morgan fingerprint density at radius 1 is 1.21 bits per heavy atom. The van der Waals surface area contributed by atoms with Crippen LogP contribution in [0.25, 0.3) is 0 Å². The van der Waals surface area contributed by atoms with Crippen molar-refractivity contribution >= 4 is 0 Å². The minimum Gasteiger partial charge on any atom is -0.497 e. The molecule has 3 aliphatic rings. The molecule has 2 saturated carbocycles. The van der Waals surface area contributed by atoms with E-state index in [0.29, 0.717) is 17.8 Å². The summed E-state index contributed by atoms with van der Waals surface area (Å²) in [4.78, 5) is 0. The lowest BCUT2D eigenvalue weighted by Gasteiger charge is -2.55. The number of rotatable bonds is 6. The number of fused-ring (bicyclic) bond motifs is 2. The Balaban J connectivity index is 1.41. The number of methoxy groups -OCH3 is 1. The van der Waals surface area contributed by atoms with Gasteiger partial charge >= 0.3 is 0 Å². The summed E-state index contributed by atoms with van der Waals surface area (Å²) in [6.45, 7) is 11.0. The second-order valence-electron chi connectivity index (χ2n) is 11.6. The Labute approximate surface area is 204 Å². The highest BCUT2D eigenvalue weighted by Crippen LogP contribution is 2.62. The van der Waals surface area contributed by atoms with E-state index in [0.717, 1.165) is 43.8 Å². The summed E-state index contributed by atoms with van der Waals surface area (Å²) < 4.78 is 7.36. The molecule has 4 unspecified atom stereocenters. The van der Waals surface area contributed by atoms with Crippen LogP contribution in [0.1, 0.15) is 56.4 Å². The van der Waals surface area contributed by atoms with E-state index in [1.54, 1.807) is 7.11 Å². The minimum absolute atomic E-state index is 0.0328. The van der Waals surface area contributed by atoms with Crippen LogP contribution in [0.2, 0.25) is 0 Å². The molecule has 0 aliphatic heterocycles. The van der Waals surface area contributed by atoms with Crippen LogP contribution in [0.3, 0.4) is 0 Å². The molecule has 0 spiro atoms. The van der Waals surface area contributed by atoms with Crippen LogP contribution < -0.4 is 10.5 Å². The Morgan fingerprint density at radius 2 is 1.97 bits per heavy atom. The topological polar surface area (TPSA) is 73.3 Å². The molecule has 1 aromatic carbocycles. The van der Waals surface area contributed by atoms with Gasteiger partial charge in [0.1, 0.15) is 5.75 Å². The molecular weight excluding hydrogens is 422 g/mol. The standard InChI is InChI=1S/C29H41N3O2/c1-19-5-10-25-24(15-30)26(11-12-28(19,25)2)29(3)14-21-17-32(31-27(21)13-22(29)18-33)16-20-6-8-23(34-4)9-7-20/h6-9,17,22,24-26,33H,1,5,10-16,18,30H2,2-4H3/t22-,24?,25?,26?,28?,29-/m1/s1. The van der Waals surface area contributed by atoms with Gasteiger partial charge in [0, 0.05) is 12.8 Å². The monoisotopic (exact) mass is 463 g/mol. The predicted octanol–water partition coefficient (Wildman–Crippen LogP) is 4.61. The SMILES string of the molecule is C=C1CCC2C(CN)C([C@]3(C)Cc4cn(Cc5ccc(OC)cc5)nc4C[C@@H]3CO)CCC12C. The van der Waals surface area contributed by atoms with Crippen molar-refractivity contribution in [3.63, 3.8) is 0 Å². The van der Waals surface area contributed by atoms with Gasteiger partial charge in [0.25, 0.3) is 0 Å². The number of aromatic nitrogens is 2. The van der Waals surface area contributed by atoms with Crippen molar-refractivity contribution in [3.05, 3.63) is 59.4 Å². The molecule has 0 radical (unpaired) electrons. The number of hydrogen-bond donors (Lipinski definition) is 2. The Morgan fingerprint density at radius 3 is 2.65 bits per heavy atom. The third-order valence-corrected chi connectivity index (χ3v) is 10.1. The molecule has 0 bridgehead atoms. The van der Waals surface area contributed by atoms with Gasteiger partial charge in [-0.1, -0.05) is 38.1 Å². The summed E-state index contributed by atoms with van der Waals surface area (Å²) in [5, 5.41) is 15.5. The van der Waals surface area contributed by atoms with Gasteiger partial charge in [-0.3, -0.25) is 4.68 Å². The maximum Gasteiger partial charge on any atom is 0.118 e. The fourth-order valence-electron chi connectivity index (χ4n) is 7.89. The highest BCUT2D eigenvalue weighted by molar-refractivity contribution is 5.29. The number of benzene rings is 1. The normalized spacial score (nSPS) is 35.1. The molecule has 6 atom stereocenters. The van der Waals surface area contributed by atoms with Gasteiger partial charge in [-0.25, -0.2) is 0 Å². The number of nitrogens with zero attached hydrogens (tertiary/aromatic N) is 2. The number of hydrogen-bond acceptors (Lipinski definition) is 4. The first-order chi connectivity index (χ1) is 16.3. The molecule has 0 saturated heterocycles. The maximum atomic E-state index is 10.5. The molecule has 2 aromatic rings. The van der Waals surface area contributed by atoms with Crippen LogP contribution in [0, 0.1) is 34.5 Å². The van der Waals surface area contributed by atoms with Crippen LogP contribution >= 0.6 is 0 Å². The van der Waals surface area contributed by atoms with Crippen molar-refractivity contribution in [2.75, 3.05) is 20.3 Å². The van der Waals surface area contributed by atoms with Gasteiger partial charge < -0.3 is 15.6 Å². The van der Waals surface area contributed by atoms with Crippen molar-refractivity contribution in [3.8, 4) is 5.75 Å². The number of aliphatic hydroxyl groups is 1. The van der Waals surface area contributed by atoms with Crippen molar-refractivity contribution in [2.24, 2.45) is 40.2 Å². The summed E-state index contributed by atoms with van der Waals surface area (Å²) >= 11 is 0. The van der Waals surface area contributed by atoms with Crippen molar-refractivity contribution < 1.29 is 9.84 Å². The fraction of sp³-hybridized carbons (Fsp3) is 0.621. The molecule has 3 N–H and O–H groups in total. The molecule has 34 heavy (non-hydrogen) atoms. The van der Waals surface area contributed by atoms with Crippen molar-refractivity contribution in [2.45, 2.75) is 58.9 Å². The smallest absolute Gasteiger partial charge is 0.118 e. The van der Waals surface area contributed by atoms with E-state index < -0.39 is 0 Å². The quantitative estimate of drug-likeness (QED) is 0.614. The van der Waals surface area contributed by atoms with E-state index in [-0.39, 0.29) is 23.4 Å². The zero-order valence-electron chi connectivity index (χ0n) is 21.1. The minimum atomic E-state index is 0.0328. The molecule has 1 heterocycles. The summed E-state index contributed by atoms with van der Waals surface area (Å²) in [7, 11) is 1.69. The molecule has 3 aliphatic carbocycles. The van der Waals surface area contributed by atoms with Crippen molar-refractivity contribution in [1.29, 1.82) is 0 Å². The van der Waals surface area contributed by atoms with E-state index >= 15 is 0 Å². The number of allylic oxidation sites excluding steroid dienone is 1. The third-order valence-electron chi connectivity index (χ3n) is 10.1. The highest BCUT2D eigenvalue weighted by Gasteiger charge is 2.56. The van der Waals surface area contributed by atoms with Crippen LogP contribution in [0.4, 0.5) is 0 Å². The average Bonchev–Trinajstić information content (AvgIpc) is 3.36. The first kappa shape index (κ1) is 23.6. The maximum absolute atomic E-state index is 10.5. The predicted molar refractivity (Wildman–Crippen MR) is 136 cm³/mol. The van der Waals surface area contributed by atoms with Gasteiger partial charge in [0.15, 0.2) is 0 Å². The van der Waals surface area contributed by atoms with Crippen LogP contribution in [0.5, 0.6) is 5.75 Å². The van der Waals surface area contributed by atoms with E-state index in [4.69, 9.17) is 15.6 Å². The first-order valence-electron chi connectivity index (χ1n) is 13.0. The molecule has 5 heteroatoms. The van der Waals surface area contributed by atoms with Crippen LogP contribution in [-0.2, 0) is 19.4 Å². The van der Waals surface area contributed by atoms with Gasteiger partial charge in [0.05, 0.1) is 19.3 Å². The van der Waals surface area contributed by atoms with E-state index in [1.807, 2.05) is 12.1 Å². The zero-order valence-corrected chi connectivity index (χ0v) is 21.1. The molecule has 5 rings (SSSR count). The van der Waals surface area contributed by atoms with Gasteiger partial charge in [0.2, 0.25) is 0 Å². The number of aliphatic hydroxyl groups excluding tert-OH is 1. The summed E-state index contributed by atoms with van der Waals surface area (Å²) in [5.41, 5.74) is 11.9. The first-order valence-corrected chi connectivity index (χ1v) is 13.0. The van der Waals surface area contributed by atoms with Gasteiger partial charge in [-0.05, 0) is 103 Å². The fourth-order valence-corrected chi connectivity index (χ4v) is 7.89. The van der Waals surface area contributed by atoms with Crippen LogP contribution in [0.15, 0.2) is 42.6 Å². The third kappa shape index (κ3) is 3.72. The van der Waals surface area contributed by atoms with Crippen LogP contribution in [-0.4, -0.2) is 35.1 Å². The van der Waals surface area contributed by atoms with E-state index in [1.165, 1.54) is 36.0 Å². The molecule has 184 valence electrons. The highest BCUT2D eigenvalue weighted by atomic mass is 16.5. The number of ether oxygens (including phenoxy) is 1. The second-order valence-corrected chi connectivity index (χ2v) is 11.6. The molecule has 5 nitrogen and oxygen atoms in total. The number of nitrogens with two attached hydrogens (primary N) is 1. The van der Waals surface area contributed by atoms with Gasteiger partial charge in [-0.2, -0.15) is 5.10 Å². The van der Waals surface area contributed by atoms with E-state index in [2.05, 4.69) is 43.4 Å². The molecular formula is C29H41N3O2. The zero-order chi connectivity index (χ0) is 24.1. The van der Waals surface area contributed by atoms with Gasteiger partial charge in [-0.15, -0.1) is 0 Å².